The molecule has 1 fully saturated rings. The smallest absolute Gasteiger partial charge is 0.229 e. The standard InChI is InChI=1S/C14H16N2O2/c17-12(10-5-2-1-3-6-10)9-13-15-14(16-18-13)11-7-4-8-11/h1-3,5-6,11-12,17H,4,7-9H2. The van der Waals surface area contributed by atoms with E-state index in [1.54, 1.807) is 0 Å². The van der Waals surface area contributed by atoms with Crippen LogP contribution in [0.15, 0.2) is 34.9 Å². The van der Waals surface area contributed by atoms with E-state index in [0.717, 1.165) is 24.2 Å². The molecule has 1 aliphatic carbocycles. The van der Waals surface area contributed by atoms with Gasteiger partial charge in [0.15, 0.2) is 5.82 Å². The Hall–Kier alpha value is -1.68. The summed E-state index contributed by atoms with van der Waals surface area (Å²) in [4.78, 5) is 4.36. The SMILES string of the molecule is OC(Cc1nc(C2CCC2)no1)c1ccccc1. The average molecular weight is 244 g/mol. The molecule has 0 aliphatic heterocycles. The summed E-state index contributed by atoms with van der Waals surface area (Å²) in [5, 5.41) is 14.1. The van der Waals surface area contributed by atoms with Crippen LogP contribution in [0.3, 0.4) is 0 Å². The zero-order valence-corrected chi connectivity index (χ0v) is 10.1. The van der Waals surface area contributed by atoms with Crippen LogP contribution in [0, 0.1) is 0 Å². The van der Waals surface area contributed by atoms with Gasteiger partial charge >= 0.3 is 0 Å². The first-order valence-corrected chi connectivity index (χ1v) is 6.38. The number of aliphatic hydroxyl groups is 1. The van der Waals surface area contributed by atoms with Gasteiger partial charge in [-0.15, -0.1) is 0 Å². The lowest BCUT2D eigenvalue weighted by Gasteiger charge is -2.20. The summed E-state index contributed by atoms with van der Waals surface area (Å²) in [5.74, 6) is 1.79. The van der Waals surface area contributed by atoms with E-state index in [4.69, 9.17) is 4.52 Å². The monoisotopic (exact) mass is 244 g/mol. The number of aromatic nitrogens is 2. The summed E-state index contributed by atoms with van der Waals surface area (Å²) < 4.78 is 5.19. The first-order chi connectivity index (χ1) is 8.83. The molecule has 1 unspecified atom stereocenters. The molecule has 0 spiro atoms. The maximum atomic E-state index is 10.1. The molecule has 4 heteroatoms. The Bertz CT molecular complexity index is 506. The summed E-state index contributed by atoms with van der Waals surface area (Å²) >= 11 is 0. The van der Waals surface area contributed by atoms with Crippen LogP contribution >= 0.6 is 0 Å². The molecule has 1 aromatic heterocycles. The highest BCUT2D eigenvalue weighted by Gasteiger charge is 2.25. The van der Waals surface area contributed by atoms with Crippen molar-refractivity contribution in [2.75, 3.05) is 0 Å². The van der Waals surface area contributed by atoms with Crippen molar-refractivity contribution in [1.29, 1.82) is 0 Å². The van der Waals surface area contributed by atoms with Crippen molar-refractivity contribution >= 4 is 0 Å². The Morgan fingerprint density at radius 3 is 2.72 bits per heavy atom. The molecule has 1 N–H and O–H groups in total. The van der Waals surface area contributed by atoms with E-state index in [-0.39, 0.29) is 0 Å². The number of benzene rings is 1. The third-order valence-corrected chi connectivity index (χ3v) is 3.51. The summed E-state index contributed by atoms with van der Waals surface area (Å²) in [5.41, 5.74) is 0.876. The molecule has 2 aromatic rings. The van der Waals surface area contributed by atoms with Crippen molar-refractivity contribution in [1.82, 2.24) is 10.1 Å². The lowest BCUT2D eigenvalue weighted by atomic mass is 9.85. The molecule has 4 nitrogen and oxygen atoms in total. The predicted molar refractivity (Wildman–Crippen MR) is 66.0 cm³/mol. The minimum absolute atomic E-state index is 0.379. The molecule has 94 valence electrons. The fourth-order valence-electron chi connectivity index (χ4n) is 2.14. The number of aliphatic hydroxyl groups excluding tert-OH is 1. The van der Waals surface area contributed by atoms with Crippen molar-refractivity contribution in [2.45, 2.75) is 37.7 Å². The van der Waals surface area contributed by atoms with Gasteiger partial charge < -0.3 is 9.63 Å². The Balaban J connectivity index is 1.67. The molecular weight excluding hydrogens is 228 g/mol. The lowest BCUT2D eigenvalue weighted by molar-refractivity contribution is 0.164. The third-order valence-electron chi connectivity index (χ3n) is 3.51. The van der Waals surface area contributed by atoms with Gasteiger partial charge in [0.2, 0.25) is 5.89 Å². The second-order valence-corrected chi connectivity index (χ2v) is 4.80. The van der Waals surface area contributed by atoms with Crippen molar-refractivity contribution in [3.63, 3.8) is 0 Å². The normalized spacial score (nSPS) is 17.4. The highest BCUT2D eigenvalue weighted by Crippen LogP contribution is 2.34. The van der Waals surface area contributed by atoms with E-state index in [0.29, 0.717) is 18.2 Å². The molecule has 0 amide bonds. The number of hydrogen-bond donors (Lipinski definition) is 1. The molecule has 3 rings (SSSR count). The van der Waals surface area contributed by atoms with Gasteiger partial charge in [0.1, 0.15) is 0 Å². The second kappa shape index (κ2) is 4.90. The van der Waals surface area contributed by atoms with E-state index < -0.39 is 6.10 Å². The zero-order valence-electron chi connectivity index (χ0n) is 10.1. The van der Waals surface area contributed by atoms with Crippen LogP contribution in [-0.4, -0.2) is 15.2 Å². The van der Waals surface area contributed by atoms with Crippen LogP contribution in [0.25, 0.3) is 0 Å². The maximum absolute atomic E-state index is 10.1. The Morgan fingerprint density at radius 1 is 1.28 bits per heavy atom. The van der Waals surface area contributed by atoms with Gasteiger partial charge in [-0.1, -0.05) is 41.9 Å². The van der Waals surface area contributed by atoms with Gasteiger partial charge in [-0.25, -0.2) is 0 Å². The van der Waals surface area contributed by atoms with Gasteiger partial charge in [-0.05, 0) is 18.4 Å². The van der Waals surface area contributed by atoms with E-state index in [1.165, 1.54) is 6.42 Å². The van der Waals surface area contributed by atoms with Crippen LogP contribution < -0.4 is 0 Å². The van der Waals surface area contributed by atoms with Gasteiger partial charge in [0.05, 0.1) is 12.5 Å². The van der Waals surface area contributed by atoms with Gasteiger partial charge in [0, 0.05) is 5.92 Å². The van der Waals surface area contributed by atoms with E-state index in [9.17, 15) is 5.11 Å². The summed E-state index contributed by atoms with van der Waals surface area (Å²) in [6.07, 6.45) is 3.35. The van der Waals surface area contributed by atoms with Crippen molar-refractivity contribution in [3.8, 4) is 0 Å². The molecule has 1 heterocycles. The highest BCUT2D eigenvalue weighted by molar-refractivity contribution is 5.18. The minimum Gasteiger partial charge on any atom is -0.388 e. The van der Waals surface area contributed by atoms with E-state index >= 15 is 0 Å². The van der Waals surface area contributed by atoms with Crippen LogP contribution in [-0.2, 0) is 6.42 Å². The Labute approximate surface area is 106 Å². The largest absolute Gasteiger partial charge is 0.388 e. The summed E-state index contributed by atoms with van der Waals surface area (Å²) in [6, 6.07) is 9.54. The first-order valence-electron chi connectivity index (χ1n) is 6.38. The maximum Gasteiger partial charge on any atom is 0.229 e. The van der Waals surface area contributed by atoms with Crippen molar-refractivity contribution < 1.29 is 9.63 Å². The van der Waals surface area contributed by atoms with Gasteiger partial charge in [-0.2, -0.15) is 4.98 Å². The van der Waals surface area contributed by atoms with Gasteiger partial charge in [-0.3, -0.25) is 0 Å². The van der Waals surface area contributed by atoms with E-state index in [2.05, 4.69) is 10.1 Å². The summed E-state index contributed by atoms with van der Waals surface area (Å²) in [7, 11) is 0. The molecule has 0 saturated heterocycles. The van der Waals surface area contributed by atoms with Crippen molar-refractivity contribution in [3.05, 3.63) is 47.6 Å². The van der Waals surface area contributed by atoms with Crippen LogP contribution in [0.4, 0.5) is 0 Å². The molecule has 1 aliphatic rings. The van der Waals surface area contributed by atoms with E-state index in [1.807, 2.05) is 30.3 Å². The van der Waals surface area contributed by atoms with Gasteiger partial charge in [0.25, 0.3) is 0 Å². The molecule has 18 heavy (non-hydrogen) atoms. The molecule has 0 radical (unpaired) electrons. The van der Waals surface area contributed by atoms with Crippen LogP contribution in [0.5, 0.6) is 0 Å². The fraction of sp³-hybridized carbons (Fsp3) is 0.429. The minimum atomic E-state index is -0.583. The second-order valence-electron chi connectivity index (χ2n) is 4.80. The zero-order chi connectivity index (χ0) is 12.4. The average Bonchev–Trinajstić information content (AvgIpc) is 2.76. The van der Waals surface area contributed by atoms with Crippen LogP contribution in [0.2, 0.25) is 0 Å². The third kappa shape index (κ3) is 2.29. The Kier molecular flexibility index (Phi) is 3.11. The lowest BCUT2D eigenvalue weighted by Crippen LogP contribution is -2.10. The highest BCUT2D eigenvalue weighted by atomic mass is 16.5. The van der Waals surface area contributed by atoms with Crippen LogP contribution in [0.1, 0.15) is 48.6 Å². The number of nitrogens with zero attached hydrogens (tertiary/aromatic N) is 2. The quantitative estimate of drug-likeness (QED) is 0.898. The Morgan fingerprint density at radius 2 is 2.06 bits per heavy atom. The number of hydrogen-bond acceptors (Lipinski definition) is 4. The topological polar surface area (TPSA) is 59.2 Å². The molecule has 1 atom stereocenters. The summed E-state index contributed by atoms with van der Waals surface area (Å²) in [6.45, 7) is 0. The van der Waals surface area contributed by atoms with Crippen molar-refractivity contribution in [2.24, 2.45) is 0 Å². The fourth-order valence-corrected chi connectivity index (χ4v) is 2.14. The molecule has 1 saturated carbocycles. The molecule has 0 bridgehead atoms. The predicted octanol–water partition coefficient (Wildman–Crippen LogP) is 2.61. The molecule has 1 aromatic carbocycles. The first kappa shape index (κ1) is 11.4. The number of rotatable bonds is 4. The molecular formula is C14H16N2O2.